The first-order chi connectivity index (χ1) is 13.8. The molecule has 0 N–H and O–H groups in total. The predicted molar refractivity (Wildman–Crippen MR) is 108 cm³/mol. The van der Waals surface area contributed by atoms with Gasteiger partial charge in [0.2, 0.25) is 0 Å². The molecule has 3 aromatic heterocycles. The maximum Gasteiger partial charge on any atom is 0.261 e. The molecule has 4 heterocycles. The fraction of sp³-hybridized carbons (Fsp3) is 0.333. The van der Waals surface area contributed by atoms with E-state index in [1.165, 1.54) is 19.3 Å². The van der Waals surface area contributed by atoms with Gasteiger partial charge in [-0.15, -0.1) is 5.10 Å². The lowest BCUT2D eigenvalue weighted by Gasteiger charge is -2.26. The van der Waals surface area contributed by atoms with Gasteiger partial charge in [0, 0.05) is 31.0 Å². The Bertz CT molecular complexity index is 1170. The van der Waals surface area contributed by atoms with Crippen LogP contribution < -0.4 is 5.56 Å². The summed E-state index contributed by atoms with van der Waals surface area (Å²) in [6.45, 7) is 3.86. The van der Waals surface area contributed by atoms with Crippen molar-refractivity contribution in [2.24, 2.45) is 0 Å². The molecule has 0 radical (unpaired) electrons. The normalized spacial score (nSPS) is 15.4. The van der Waals surface area contributed by atoms with Crippen molar-refractivity contribution < 1.29 is 0 Å². The minimum Gasteiger partial charge on any atom is -0.314 e. The third kappa shape index (κ3) is 3.07. The van der Waals surface area contributed by atoms with Crippen LogP contribution in [-0.4, -0.2) is 48.7 Å². The summed E-state index contributed by atoms with van der Waals surface area (Å²) in [4.78, 5) is 24.3. The molecule has 7 heteroatoms. The van der Waals surface area contributed by atoms with Crippen LogP contribution in [0.1, 0.15) is 19.3 Å². The first-order valence-corrected chi connectivity index (χ1v) is 9.82. The van der Waals surface area contributed by atoms with Gasteiger partial charge >= 0.3 is 0 Å². The van der Waals surface area contributed by atoms with Crippen LogP contribution in [0.15, 0.2) is 53.6 Å². The highest BCUT2D eigenvalue weighted by Crippen LogP contribution is 2.17. The average molecular weight is 374 g/mol. The highest BCUT2D eigenvalue weighted by atomic mass is 16.1. The number of aromatic nitrogens is 5. The largest absolute Gasteiger partial charge is 0.314 e. The molecule has 0 unspecified atom stereocenters. The first kappa shape index (κ1) is 17.1. The van der Waals surface area contributed by atoms with E-state index in [4.69, 9.17) is 0 Å². The molecule has 0 bridgehead atoms. The van der Waals surface area contributed by atoms with Crippen LogP contribution in [0.25, 0.3) is 28.1 Å². The van der Waals surface area contributed by atoms with Crippen LogP contribution in [0, 0.1) is 0 Å². The monoisotopic (exact) mass is 374 g/mol. The van der Waals surface area contributed by atoms with Crippen molar-refractivity contribution in [2.75, 3.05) is 19.6 Å². The molecule has 1 aliphatic heterocycles. The standard InChI is InChI=1S/C21H22N6O/c28-20-17-15-22-21-23-19(16-7-3-1-4-8-16)24-27(21)18(17)9-12-26(20)14-13-25-10-5-2-6-11-25/h1,3-4,7-9,12,15H,2,5-6,10-11,13-14H2. The maximum atomic E-state index is 13.0. The summed E-state index contributed by atoms with van der Waals surface area (Å²) >= 11 is 0. The number of hydrogen-bond acceptors (Lipinski definition) is 5. The molecule has 28 heavy (non-hydrogen) atoms. The molecular formula is C21H22N6O. The third-order valence-electron chi connectivity index (χ3n) is 5.44. The summed E-state index contributed by atoms with van der Waals surface area (Å²) in [7, 11) is 0. The summed E-state index contributed by atoms with van der Waals surface area (Å²) in [6.07, 6.45) is 7.30. The van der Waals surface area contributed by atoms with Crippen molar-refractivity contribution in [2.45, 2.75) is 25.8 Å². The topological polar surface area (TPSA) is 68.3 Å². The molecule has 0 spiro atoms. The molecule has 142 valence electrons. The number of likely N-dealkylation sites (tertiary alicyclic amines) is 1. The molecule has 0 atom stereocenters. The second-order valence-corrected chi connectivity index (χ2v) is 7.29. The van der Waals surface area contributed by atoms with Crippen molar-refractivity contribution in [3.63, 3.8) is 0 Å². The van der Waals surface area contributed by atoms with Crippen molar-refractivity contribution >= 4 is 16.7 Å². The van der Waals surface area contributed by atoms with E-state index < -0.39 is 0 Å². The number of hydrogen-bond donors (Lipinski definition) is 0. The number of pyridine rings is 1. The van der Waals surface area contributed by atoms with Gasteiger partial charge in [-0.1, -0.05) is 36.8 Å². The SMILES string of the molecule is O=c1c2cnc3nc(-c4ccccc4)nn3c2ccn1CCN1CCCCC1. The number of fused-ring (bicyclic) bond motifs is 3. The molecule has 1 aliphatic rings. The van der Waals surface area contributed by atoms with Gasteiger partial charge in [-0.05, 0) is 32.0 Å². The van der Waals surface area contributed by atoms with E-state index in [0.717, 1.165) is 30.7 Å². The highest BCUT2D eigenvalue weighted by molar-refractivity contribution is 5.79. The Morgan fingerprint density at radius 1 is 0.964 bits per heavy atom. The second kappa shape index (κ2) is 7.16. The van der Waals surface area contributed by atoms with Crippen molar-refractivity contribution in [1.29, 1.82) is 0 Å². The zero-order valence-electron chi connectivity index (χ0n) is 15.7. The molecular weight excluding hydrogens is 352 g/mol. The van der Waals surface area contributed by atoms with Crippen molar-refractivity contribution in [1.82, 2.24) is 29.0 Å². The van der Waals surface area contributed by atoms with Gasteiger partial charge in [0.05, 0.1) is 10.9 Å². The molecule has 1 fully saturated rings. The molecule has 4 aromatic rings. The molecule has 1 saturated heterocycles. The van der Waals surface area contributed by atoms with Gasteiger partial charge in [0.25, 0.3) is 11.3 Å². The van der Waals surface area contributed by atoms with Crippen LogP contribution in [0.2, 0.25) is 0 Å². The molecule has 7 nitrogen and oxygen atoms in total. The minimum absolute atomic E-state index is 0.0272. The highest BCUT2D eigenvalue weighted by Gasteiger charge is 2.14. The Labute approximate surface area is 162 Å². The predicted octanol–water partition coefficient (Wildman–Crippen LogP) is 2.59. The molecule has 1 aromatic carbocycles. The van der Waals surface area contributed by atoms with Gasteiger partial charge in [-0.25, -0.2) is 4.98 Å². The van der Waals surface area contributed by atoms with Crippen LogP contribution in [0.5, 0.6) is 0 Å². The lowest BCUT2D eigenvalue weighted by molar-refractivity contribution is 0.220. The second-order valence-electron chi connectivity index (χ2n) is 7.29. The van der Waals surface area contributed by atoms with Gasteiger partial charge in [-0.2, -0.15) is 9.50 Å². The quantitative estimate of drug-likeness (QED) is 0.549. The summed E-state index contributed by atoms with van der Waals surface area (Å²) in [5.41, 5.74) is 1.63. The Morgan fingerprint density at radius 2 is 1.79 bits per heavy atom. The maximum absolute atomic E-state index is 13.0. The minimum atomic E-state index is -0.0272. The Balaban J connectivity index is 1.50. The first-order valence-electron chi connectivity index (χ1n) is 9.82. The number of rotatable bonds is 4. The van der Waals surface area contributed by atoms with Crippen molar-refractivity contribution in [3.05, 3.63) is 59.1 Å². The van der Waals surface area contributed by atoms with Crippen LogP contribution in [0.4, 0.5) is 0 Å². The van der Waals surface area contributed by atoms with E-state index >= 15 is 0 Å². The fourth-order valence-corrected chi connectivity index (χ4v) is 3.88. The van der Waals surface area contributed by atoms with E-state index in [9.17, 15) is 4.79 Å². The summed E-state index contributed by atoms with van der Waals surface area (Å²) in [5, 5.41) is 5.16. The lowest BCUT2D eigenvalue weighted by Crippen LogP contribution is -2.34. The van der Waals surface area contributed by atoms with E-state index in [1.807, 2.05) is 42.6 Å². The van der Waals surface area contributed by atoms with Gasteiger partial charge in [0.1, 0.15) is 0 Å². The molecule has 5 rings (SSSR count). The summed E-state index contributed by atoms with van der Waals surface area (Å²) in [5.74, 6) is 1.10. The summed E-state index contributed by atoms with van der Waals surface area (Å²) < 4.78 is 3.44. The Kier molecular flexibility index (Phi) is 4.37. The van der Waals surface area contributed by atoms with Gasteiger partial charge in [-0.3, -0.25) is 4.79 Å². The number of piperidine rings is 1. The van der Waals surface area contributed by atoms with E-state index in [-0.39, 0.29) is 5.56 Å². The Hall–Kier alpha value is -3.06. The zero-order chi connectivity index (χ0) is 18.9. The zero-order valence-corrected chi connectivity index (χ0v) is 15.7. The number of nitrogens with zero attached hydrogens (tertiary/aromatic N) is 6. The Morgan fingerprint density at radius 3 is 2.61 bits per heavy atom. The lowest BCUT2D eigenvalue weighted by atomic mass is 10.1. The molecule has 0 saturated carbocycles. The fourth-order valence-electron chi connectivity index (χ4n) is 3.88. The average Bonchev–Trinajstić information content (AvgIpc) is 3.19. The molecule has 0 amide bonds. The summed E-state index contributed by atoms with van der Waals surface area (Å²) in [6, 6.07) is 11.7. The van der Waals surface area contributed by atoms with Crippen LogP contribution >= 0.6 is 0 Å². The van der Waals surface area contributed by atoms with E-state index in [1.54, 1.807) is 15.3 Å². The van der Waals surface area contributed by atoms with E-state index in [2.05, 4.69) is 20.0 Å². The number of benzene rings is 1. The third-order valence-corrected chi connectivity index (χ3v) is 5.44. The van der Waals surface area contributed by atoms with E-state index in [0.29, 0.717) is 23.5 Å². The van der Waals surface area contributed by atoms with Gasteiger partial charge < -0.3 is 9.47 Å². The molecule has 0 aliphatic carbocycles. The smallest absolute Gasteiger partial charge is 0.261 e. The van der Waals surface area contributed by atoms with Crippen LogP contribution in [-0.2, 0) is 6.54 Å². The van der Waals surface area contributed by atoms with Crippen LogP contribution in [0.3, 0.4) is 0 Å². The van der Waals surface area contributed by atoms with Gasteiger partial charge in [0.15, 0.2) is 5.82 Å². The van der Waals surface area contributed by atoms with Crippen molar-refractivity contribution in [3.8, 4) is 11.4 Å².